The Morgan fingerprint density at radius 1 is 1.26 bits per heavy atom. The van der Waals surface area contributed by atoms with Crippen LogP contribution in [0.3, 0.4) is 0 Å². The molecule has 3 rings (SSSR count). The van der Waals surface area contributed by atoms with Crippen LogP contribution in [0.2, 0.25) is 10.0 Å². The molecule has 2 aromatic heterocycles. The first-order valence-corrected chi connectivity index (χ1v) is 8.81. The van der Waals surface area contributed by atoms with E-state index in [9.17, 15) is 9.90 Å². The zero-order valence-electron chi connectivity index (χ0n) is 14.0. The fourth-order valence-corrected chi connectivity index (χ4v) is 3.15. The predicted molar refractivity (Wildman–Crippen MR) is 108 cm³/mol. The van der Waals surface area contributed by atoms with Crippen LogP contribution in [0.25, 0.3) is 0 Å². The zero-order chi connectivity index (χ0) is 19.6. The van der Waals surface area contributed by atoms with Gasteiger partial charge in [-0.3, -0.25) is 9.36 Å². The number of anilines is 2. The number of thiocarbonyl (C=S) groups is 1. The number of nitrogens with one attached hydrogen (secondary N) is 2. The molecule has 27 heavy (non-hydrogen) atoms. The summed E-state index contributed by atoms with van der Waals surface area (Å²) in [5.74, 6) is -0.627. The number of carboxylic acid groups (broad SMARTS) is 1. The lowest BCUT2D eigenvalue weighted by atomic mass is 10.2. The Bertz CT molecular complexity index is 996. The highest BCUT2D eigenvalue weighted by atomic mass is 35.5. The van der Waals surface area contributed by atoms with Crippen LogP contribution >= 0.6 is 35.4 Å². The number of hydrogen-bond donors (Lipinski definition) is 3. The van der Waals surface area contributed by atoms with E-state index >= 15 is 0 Å². The summed E-state index contributed by atoms with van der Waals surface area (Å²) in [6.45, 7) is 0.395. The maximum absolute atomic E-state index is 11.3. The minimum absolute atomic E-state index is 0.00181. The molecule has 0 spiro atoms. The van der Waals surface area contributed by atoms with Gasteiger partial charge in [-0.15, -0.1) is 0 Å². The highest BCUT2D eigenvalue weighted by Gasteiger charge is 2.17. The lowest BCUT2D eigenvalue weighted by Crippen LogP contribution is -2.21. The minimum atomic E-state index is -1.11. The Balaban J connectivity index is 1.67. The Morgan fingerprint density at radius 3 is 2.63 bits per heavy atom. The highest BCUT2D eigenvalue weighted by molar-refractivity contribution is 7.80. The molecule has 0 aliphatic carbocycles. The van der Waals surface area contributed by atoms with Crippen LogP contribution in [0.5, 0.6) is 0 Å². The van der Waals surface area contributed by atoms with Gasteiger partial charge in [0.05, 0.1) is 18.4 Å². The number of aromatic carboxylic acids is 1. The first-order valence-electron chi connectivity index (χ1n) is 7.65. The van der Waals surface area contributed by atoms with Crippen LogP contribution in [-0.2, 0) is 13.6 Å². The molecular weight excluding hydrogens is 411 g/mol. The number of carbonyl (C=O) groups is 1. The second kappa shape index (κ2) is 7.95. The van der Waals surface area contributed by atoms with E-state index in [2.05, 4.69) is 20.8 Å². The first-order chi connectivity index (χ1) is 12.8. The van der Waals surface area contributed by atoms with Crippen LogP contribution in [0, 0.1) is 0 Å². The number of nitrogens with zero attached hydrogens (tertiary/aromatic N) is 4. The zero-order valence-corrected chi connectivity index (χ0v) is 16.3. The van der Waals surface area contributed by atoms with Crippen molar-refractivity contribution in [2.45, 2.75) is 6.54 Å². The van der Waals surface area contributed by atoms with Crippen LogP contribution in [0.1, 0.15) is 16.1 Å². The van der Waals surface area contributed by atoms with Gasteiger partial charge in [0.25, 0.3) is 0 Å². The molecule has 0 saturated carbocycles. The van der Waals surface area contributed by atoms with Gasteiger partial charge in [0.2, 0.25) is 0 Å². The monoisotopic (exact) mass is 424 g/mol. The molecular formula is C16H14Cl2N6O2S. The average molecular weight is 425 g/mol. The lowest BCUT2D eigenvalue weighted by Gasteiger charge is -2.09. The molecule has 0 unspecified atom stereocenters. The van der Waals surface area contributed by atoms with E-state index in [0.29, 0.717) is 22.4 Å². The topological polar surface area (TPSA) is 97.0 Å². The van der Waals surface area contributed by atoms with Crippen LogP contribution < -0.4 is 10.6 Å². The maximum atomic E-state index is 11.3. The molecule has 8 nitrogen and oxygen atoms in total. The summed E-state index contributed by atoms with van der Waals surface area (Å²) in [4.78, 5) is 11.3. The summed E-state index contributed by atoms with van der Waals surface area (Å²) < 4.78 is 2.90. The van der Waals surface area contributed by atoms with Crippen molar-refractivity contribution in [1.82, 2.24) is 19.6 Å². The molecule has 0 radical (unpaired) electrons. The molecule has 0 amide bonds. The van der Waals surface area contributed by atoms with Crippen molar-refractivity contribution in [2.75, 3.05) is 10.6 Å². The molecule has 140 valence electrons. The summed E-state index contributed by atoms with van der Waals surface area (Å²) in [5.41, 5.74) is 1.04. The van der Waals surface area contributed by atoms with Gasteiger partial charge in [-0.05, 0) is 24.4 Å². The van der Waals surface area contributed by atoms with Crippen molar-refractivity contribution >= 4 is 58.0 Å². The first kappa shape index (κ1) is 19.2. The molecule has 0 saturated heterocycles. The second-order valence-corrected chi connectivity index (χ2v) is 6.74. The van der Waals surface area contributed by atoms with Gasteiger partial charge in [-0.25, -0.2) is 4.79 Å². The van der Waals surface area contributed by atoms with E-state index in [0.717, 1.165) is 5.56 Å². The molecule has 0 aliphatic heterocycles. The Morgan fingerprint density at radius 2 is 1.96 bits per heavy atom. The second-order valence-electron chi connectivity index (χ2n) is 5.51. The molecule has 3 aromatic rings. The molecule has 1 aromatic carbocycles. The largest absolute Gasteiger partial charge is 0.476 e. The fourth-order valence-electron chi connectivity index (χ4n) is 2.41. The Kier molecular flexibility index (Phi) is 5.64. The molecule has 0 atom stereocenters. The summed E-state index contributed by atoms with van der Waals surface area (Å²) in [7, 11) is 1.53. The molecule has 3 N–H and O–H groups in total. The van der Waals surface area contributed by atoms with E-state index in [4.69, 9.17) is 35.4 Å². The number of benzene rings is 1. The summed E-state index contributed by atoms with van der Waals surface area (Å²) in [6, 6.07) is 7.02. The third-order valence-electron chi connectivity index (χ3n) is 3.65. The van der Waals surface area contributed by atoms with Gasteiger partial charge in [0, 0.05) is 34.9 Å². The van der Waals surface area contributed by atoms with Gasteiger partial charge in [0.15, 0.2) is 16.6 Å². The molecule has 0 aliphatic rings. The fraction of sp³-hybridized carbons (Fsp3) is 0.125. The van der Waals surface area contributed by atoms with Gasteiger partial charge >= 0.3 is 5.97 Å². The Labute approximate surface area is 169 Å². The third-order valence-corrected chi connectivity index (χ3v) is 4.57. The van der Waals surface area contributed by atoms with Crippen LogP contribution in [0.4, 0.5) is 11.5 Å². The summed E-state index contributed by atoms with van der Waals surface area (Å²) >= 11 is 17.6. The van der Waals surface area contributed by atoms with Crippen LogP contribution in [0.15, 0.2) is 36.7 Å². The van der Waals surface area contributed by atoms with E-state index < -0.39 is 5.97 Å². The number of carboxylic acids is 1. The smallest absolute Gasteiger partial charge is 0.356 e. The molecule has 0 fully saturated rings. The average Bonchev–Trinajstić information content (AvgIpc) is 3.17. The van der Waals surface area contributed by atoms with Crippen molar-refractivity contribution in [1.29, 1.82) is 0 Å². The molecule has 11 heteroatoms. The van der Waals surface area contributed by atoms with Gasteiger partial charge in [-0.2, -0.15) is 10.2 Å². The maximum Gasteiger partial charge on any atom is 0.356 e. The Hall–Kier alpha value is -2.62. The van der Waals surface area contributed by atoms with Crippen molar-refractivity contribution < 1.29 is 9.90 Å². The minimum Gasteiger partial charge on any atom is -0.476 e. The van der Waals surface area contributed by atoms with Gasteiger partial charge in [-0.1, -0.05) is 29.3 Å². The predicted octanol–water partition coefficient (Wildman–Crippen LogP) is 3.48. The third kappa shape index (κ3) is 4.38. The summed E-state index contributed by atoms with van der Waals surface area (Å²) in [6.07, 6.45) is 3.13. The van der Waals surface area contributed by atoms with Crippen LogP contribution in [-0.4, -0.2) is 35.7 Å². The number of rotatable bonds is 5. The van der Waals surface area contributed by atoms with E-state index in [1.54, 1.807) is 35.1 Å². The molecule has 0 bridgehead atoms. The number of hydrogen-bond acceptors (Lipinski definition) is 4. The van der Waals surface area contributed by atoms with Crippen molar-refractivity contribution in [3.05, 3.63) is 58.0 Å². The van der Waals surface area contributed by atoms with E-state index in [1.165, 1.54) is 17.9 Å². The van der Waals surface area contributed by atoms with E-state index in [-0.39, 0.29) is 16.5 Å². The molecule has 2 heterocycles. The van der Waals surface area contributed by atoms with Gasteiger partial charge in [0.1, 0.15) is 0 Å². The SMILES string of the molecule is Cn1ncc(NC(=S)Nc2ccn(Cc3c(Cl)cccc3Cl)n2)c1C(=O)O. The van der Waals surface area contributed by atoms with Crippen molar-refractivity contribution in [3.8, 4) is 0 Å². The van der Waals surface area contributed by atoms with Crippen molar-refractivity contribution in [3.63, 3.8) is 0 Å². The number of halogens is 2. The lowest BCUT2D eigenvalue weighted by molar-refractivity contribution is 0.0686. The van der Waals surface area contributed by atoms with Gasteiger partial charge < -0.3 is 15.7 Å². The summed E-state index contributed by atoms with van der Waals surface area (Å²) in [5, 5.41) is 24.5. The standard InChI is InChI=1S/C16H14Cl2N6O2S/c1-23-14(15(25)26)12(7-19-23)20-16(27)21-13-5-6-24(22-13)8-9-10(17)3-2-4-11(9)18/h2-7H,8H2,1H3,(H,25,26)(H2,20,21,22,27). The normalized spacial score (nSPS) is 10.6. The number of aryl methyl sites for hydroxylation is 1. The quantitative estimate of drug-likeness (QED) is 0.539. The highest BCUT2D eigenvalue weighted by Crippen LogP contribution is 2.25. The van der Waals surface area contributed by atoms with E-state index in [1.807, 2.05) is 0 Å². The number of aromatic nitrogens is 4. The van der Waals surface area contributed by atoms with Crippen molar-refractivity contribution in [2.24, 2.45) is 7.05 Å².